The van der Waals surface area contributed by atoms with Gasteiger partial charge in [0.2, 0.25) is 0 Å². The molecule has 0 aliphatic carbocycles. The van der Waals surface area contributed by atoms with Gasteiger partial charge in [0, 0.05) is 6.42 Å². The van der Waals surface area contributed by atoms with Gasteiger partial charge in [0.1, 0.15) is 11.3 Å². The third-order valence-electron chi connectivity index (χ3n) is 3.59. The molecular formula is C17H19N5O. The summed E-state index contributed by atoms with van der Waals surface area (Å²) in [6.07, 6.45) is 4.01. The normalized spacial score (nSPS) is 13.4. The number of H-pyrrole nitrogens is 1. The minimum absolute atomic E-state index is 0.0260. The minimum Gasteiger partial charge on any atom is -0.392 e. The lowest BCUT2D eigenvalue weighted by atomic mass is 10.1. The van der Waals surface area contributed by atoms with E-state index in [2.05, 4.69) is 19.9 Å². The van der Waals surface area contributed by atoms with Crippen LogP contribution < -0.4 is 5.73 Å². The summed E-state index contributed by atoms with van der Waals surface area (Å²) in [7, 11) is 0. The number of aromatic nitrogens is 4. The zero-order chi connectivity index (χ0) is 16.2. The van der Waals surface area contributed by atoms with Crippen molar-refractivity contribution in [1.82, 2.24) is 19.9 Å². The fourth-order valence-corrected chi connectivity index (χ4v) is 2.44. The van der Waals surface area contributed by atoms with Gasteiger partial charge in [-0.1, -0.05) is 42.0 Å². The van der Waals surface area contributed by atoms with Crippen LogP contribution in [0.1, 0.15) is 30.0 Å². The number of hydrogen-bond acceptors (Lipinski definition) is 5. The largest absolute Gasteiger partial charge is 0.392 e. The van der Waals surface area contributed by atoms with Gasteiger partial charge in [-0.3, -0.25) is 0 Å². The highest BCUT2D eigenvalue weighted by Gasteiger charge is 2.15. The number of hydrogen-bond donors (Lipinski definition) is 3. The van der Waals surface area contributed by atoms with Crippen molar-refractivity contribution in [2.45, 2.75) is 19.4 Å². The summed E-state index contributed by atoms with van der Waals surface area (Å²) >= 11 is 0. The second-order valence-corrected chi connectivity index (χ2v) is 5.49. The molecule has 23 heavy (non-hydrogen) atoms. The van der Waals surface area contributed by atoms with E-state index < -0.39 is 6.04 Å². The fourth-order valence-electron chi connectivity index (χ4n) is 2.44. The molecule has 0 aliphatic heterocycles. The number of imidazole rings is 1. The van der Waals surface area contributed by atoms with Crippen molar-refractivity contribution < 1.29 is 5.11 Å². The molecule has 3 aromatic rings. The number of nitrogens with zero attached hydrogens (tertiary/aromatic N) is 3. The van der Waals surface area contributed by atoms with E-state index in [9.17, 15) is 5.11 Å². The second-order valence-electron chi connectivity index (χ2n) is 5.49. The molecule has 0 saturated carbocycles. The Morgan fingerprint density at radius 2 is 2.09 bits per heavy atom. The van der Waals surface area contributed by atoms with E-state index in [1.807, 2.05) is 37.3 Å². The molecule has 3 rings (SSSR count). The minimum atomic E-state index is -0.428. The number of rotatable bonds is 5. The lowest BCUT2D eigenvalue weighted by Crippen LogP contribution is -2.13. The number of aliphatic hydroxyl groups is 1. The van der Waals surface area contributed by atoms with Crippen LogP contribution in [0.4, 0.5) is 0 Å². The standard InChI is InChI=1S/C17H19N5O/c1-11(9-23)7-13(18)15-16-17(20-10-19-16)22-14(21-15)8-12-5-3-2-4-6-12/h2-7,10,13,23H,8-9,18H2,1H3,(H,19,20,21,22). The third kappa shape index (κ3) is 3.44. The lowest BCUT2D eigenvalue weighted by molar-refractivity contribution is 0.330. The maximum Gasteiger partial charge on any atom is 0.181 e. The number of aliphatic hydroxyl groups excluding tert-OH is 1. The van der Waals surface area contributed by atoms with E-state index in [0.29, 0.717) is 23.6 Å². The van der Waals surface area contributed by atoms with Crippen LogP contribution in [0.25, 0.3) is 11.2 Å². The van der Waals surface area contributed by atoms with Crippen molar-refractivity contribution in [3.8, 4) is 0 Å². The third-order valence-corrected chi connectivity index (χ3v) is 3.59. The molecule has 1 atom stereocenters. The zero-order valence-corrected chi connectivity index (χ0v) is 12.9. The van der Waals surface area contributed by atoms with Gasteiger partial charge in [-0.2, -0.15) is 0 Å². The highest BCUT2D eigenvalue weighted by molar-refractivity contribution is 5.73. The smallest absolute Gasteiger partial charge is 0.181 e. The Bertz CT molecular complexity index is 825. The van der Waals surface area contributed by atoms with E-state index in [0.717, 1.165) is 16.7 Å². The van der Waals surface area contributed by atoms with Crippen LogP contribution in [-0.4, -0.2) is 31.6 Å². The molecule has 1 aromatic carbocycles. The Hall–Kier alpha value is -2.57. The average Bonchev–Trinajstić information content (AvgIpc) is 3.03. The number of nitrogens with two attached hydrogens (primary N) is 1. The molecule has 0 fully saturated rings. The molecule has 2 heterocycles. The molecule has 0 spiro atoms. The molecule has 0 bridgehead atoms. The highest BCUT2D eigenvalue weighted by atomic mass is 16.3. The fraction of sp³-hybridized carbons (Fsp3) is 0.235. The molecule has 0 saturated heterocycles. The molecule has 6 nitrogen and oxygen atoms in total. The molecule has 0 amide bonds. The molecule has 0 aliphatic rings. The van der Waals surface area contributed by atoms with Crippen molar-refractivity contribution in [3.63, 3.8) is 0 Å². The van der Waals surface area contributed by atoms with Crippen LogP contribution >= 0.6 is 0 Å². The number of benzene rings is 1. The summed E-state index contributed by atoms with van der Waals surface area (Å²) in [5, 5.41) is 9.18. The SMILES string of the molecule is CC(=CC(N)c1nc(Cc2ccccc2)nc2nc[nH]c12)CO. The van der Waals surface area contributed by atoms with E-state index in [-0.39, 0.29) is 6.61 Å². The van der Waals surface area contributed by atoms with E-state index in [1.165, 1.54) is 0 Å². The van der Waals surface area contributed by atoms with Crippen molar-refractivity contribution >= 4 is 11.2 Å². The maximum absolute atomic E-state index is 9.18. The van der Waals surface area contributed by atoms with Crippen LogP contribution in [0.15, 0.2) is 48.3 Å². The van der Waals surface area contributed by atoms with Gasteiger partial charge in [-0.05, 0) is 12.5 Å². The quantitative estimate of drug-likeness (QED) is 0.625. The van der Waals surface area contributed by atoms with Crippen molar-refractivity contribution in [1.29, 1.82) is 0 Å². The van der Waals surface area contributed by atoms with Gasteiger partial charge in [0.25, 0.3) is 0 Å². The van der Waals surface area contributed by atoms with Gasteiger partial charge < -0.3 is 15.8 Å². The van der Waals surface area contributed by atoms with Crippen LogP contribution in [0.3, 0.4) is 0 Å². The van der Waals surface area contributed by atoms with Crippen LogP contribution in [0.5, 0.6) is 0 Å². The Balaban J connectivity index is 2.01. The Morgan fingerprint density at radius 3 is 2.83 bits per heavy atom. The predicted octanol–water partition coefficient (Wildman–Crippen LogP) is 1.88. The van der Waals surface area contributed by atoms with Gasteiger partial charge >= 0.3 is 0 Å². The van der Waals surface area contributed by atoms with Gasteiger partial charge in [0.15, 0.2) is 5.65 Å². The number of fused-ring (bicyclic) bond motifs is 1. The summed E-state index contributed by atoms with van der Waals surface area (Å²) in [5.74, 6) is 0.677. The molecule has 0 radical (unpaired) electrons. The summed E-state index contributed by atoms with van der Waals surface area (Å²) in [6, 6.07) is 9.60. The van der Waals surface area contributed by atoms with Crippen molar-refractivity contribution in [2.75, 3.05) is 6.61 Å². The van der Waals surface area contributed by atoms with Crippen molar-refractivity contribution in [3.05, 3.63) is 65.4 Å². The van der Waals surface area contributed by atoms with E-state index in [1.54, 1.807) is 12.4 Å². The van der Waals surface area contributed by atoms with E-state index >= 15 is 0 Å². The highest BCUT2D eigenvalue weighted by Crippen LogP contribution is 2.20. The van der Waals surface area contributed by atoms with Crippen molar-refractivity contribution in [2.24, 2.45) is 5.73 Å². The Morgan fingerprint density at radius 1 is 1.30 bits per heavy atom. The molecule has 118 valence electrons. The topological polar surface area (TPSA) is 101 Å². The van der Waals surface area contributed by atoms with E-state index in [4.69, 9.17) is 5.73 Å². The molecule has 4 N–H and O–H groups in total. The summed E-state index contributed by atoms with van der Waals surface area (Å²) in [4.78, 5) is 16.4. The molecule has 2 aromatic heterocycles. The first-order valence-corrected chi connectivity index (χ1v) is 7.45. The molecule has 1 unspecified atom stereocenters. The first-order chi connectivity index (χ1) is 11.2. The Kier molecular flexibility index (Phi) is 4.45. The average molecular weight is 309 g/mol. The lowest BCUT2D eigenvalue weighted by Gasteiger charge is -2.10. The Labute approximate surface area is 134 Å². The first-order valence-electron chi connectivity index (χ1n) is 7.45. The number of aromatic amines is 1. The van der Waals surface area contributed by atoms with Crippen LogP contribution in [-0.2, 0) is 6.42 Å². The summed E-state index contributed by atoms with van der Waals surface area (Å²) in [6.45, 7) is 1.80. The second kappa shape index (κ2) is 6.68. The molecule has 6 heteroatoms. The molecular weight excluding hydrogens is 290 g/mol. The predicted molar refractivity (Wildman–Crippen MR) is 88.7 cm³/mol. The summed E-state index contributed by atoms with van der Waals surface area (Å²) < 4.78 is 0. The monoisotopic (exact) mass is 309 g/mol. The zero-order valence-electron chi connectivity index (χ0n) is 12.9. The van der Waals surface area contributed by atoms with Crippen LogP contribution in [0, 0.1) is 0 Å². The number of nitrogens with one attached hydrogen (secondary N) is 1. The van der Waals surface area contributed by atoms with Crippen LogP contribution in [0.2, 0.25) is 0 Å². The first kappa shape index (κ1) is 15.3. The van der Waals surface area contributed by atoms with Gasteiger partial charge in [-0.25, -0.2) is 15.0 Å². The summed E-state index contributed by atoms with van der Waals surface area (Å²) in [5.41, 5.74) is 10.2. The van der Waals surface area contributed by atoms with Gasteiger partial charge in [-0.15, -0.1) is 0 Å². The maximum atomic E-state index is 9.18. The van der Waals surface area contributed by atoms with Gasteiger partial charge in [0.05, 0.1) is 24.7 Å².